The van der Waals surface area contributed by atoms with E-state index in [4.69, 9.17) is 16.7 Å². The topological polar surface area (TPSA) is 78.7 Å². The molecule has 1 amide bonds. The van der Waals surface area contributed by atoms with E-state index >= 15 is 0 Å². The lowest BCUT2D eigenvalue weighted by molar-refractivity contribution is 0.0697. The minimum Gasteiger partial charge on any atom is -0.478 e. The van der Waals surface area contributed by atoms with Gasteiger partial charge in [-0.05, 0) is 43.4 Å². The molecular formula is C20H23ClN4O3. The number of carbonyl (C=O) groups excluding carboxylic acids is 1. The maximum Gasteiger partial charge on any atom is 0.344 e. The fourth-order valence-corrected chi connectivity index (χ4v) is 4.69. The number of fused-ring (bicyclic) bond motifs is 1. The third-order valence-electron chi connectivity index (χ3n) is 6.02. The first-order valence-corrected chi connectivity index (χ1v) is 9.81. The monoisotopic (exact) mass is 402 g/mol. The second kappa shape index (κ2) is 7.56. The van der Waals surface area contributed by atoms with Crippen molar-refractivity contribution in [3.8, 4) is 0 Å². The van der Waals surface area contributed by atoms with Crippen molar-refractivity contribution in [3.63, 3.8) is 0 Å². The predicted molar refractivity (Wildman–Crippen MR) is 104 cm³/mol. The zero-order valence-electron chi connectivity index (χ0n) is 15.7. The molecule has 0 bridgehead atoms. The van der Waals surface area contributed by atoms with Gasteiger partial charge in [0.1, 0.15) is 0 Å². The second-order valence-corrected chi connectivity index (χ2v) is 8.23. The third kappa shape index (κ3) is 3.64. The molecule has 1 saturated carbocycles. The first kappa shape index (κ1) is 19.0. The van der Waals surface area contributed by atoms with Crippen LogP contribution < -0.4 is 0 Å². The molecule has 2 fully saturated rings. The minimum absolute atomic E-state index is 0.0222. The number of aromatic nitrogens is 2. The van der Waals surface area contributed by atoms with Gasteiger partial charge in [-0.15, -0.1) is 0 Å². The molecule has 2 aromatic rings. The highest BCUT2D eigenvalue weighted by Gasteiger charge is 2.43. The van der Waals surface area contributed by atoms with Crippen LogP contribution in [0.15, 0.2) is 36.7 Å². The summed E-state index contributed by atoms with van der Waals surface area (Å²) in [6.45, 7) is 2.21. The Morgan fingerprint density at radius 1 is 1.25 bits per heavy atom. The van der Waals surface area contributed by atoms with E-state index < -0.39 is 5.97 Å². The van der Waals surface area contributed by atoms with Crippen molar-refractivity contribution in [3.05, 3.63) is 52.8 Å². The number of nitrogens with zero attached hydrogens (tertiary/aromatic N) is 4. The lowest BCUT2D eigenvalue weighted by Crippen LogP contribution is -2.36. The molecular weight excluding hydrogens is 380 g/mol. The van der Waals surface area contributed by atoms with E-state index in [1.807, 2.05) is 18.2 Å². The van der Waals surface area contributed by atoms with E-state index in [1.165, 1.54) is 12.4 Å². The molecule has 2 unspecified atom stereocenters. The molecule has 1 aromatic heterocycles. The van der Waals surface area contributed by atoms with Crippen LogP contribution in [0, 0.1) is 11.8 Å². The Bertz CT molecular complexity index is 885. The smallest absolute Gasteiger partial charge is 0.344 e. The van der Waals surface area contributed by atoms with E-state index in [1.54, 1.807) is 4.90 Å². The van der Waals surface area contributed by atoms with Crippen LogP contribution in [-0.4, -0.2) is 62.9 Å². The average Bonchev–Trinajstić information content (AvgIpc) is 3.37. The summed E-state index contributed by atoms with van der Waals surface area (Å²) < 4.78 is 1.13. The van der Waals surface area contributed by atoms with Gasteiger partial charge in [-0.25, -0.2) is 9.59 Å². The number of benzene rings is 1. The van der Waals surface area contributed by atoms with Crippen molar-refractivity contribution in [1.29, 1.82) is 0 Å². The van der Waals surface area contributed by atoms with Gasteiger partial charge in [0.15, 0.2) is 0 Å². The molecule has 1 N–H and O–H groups in total. The molecule has 2 heterocycles. The average molecular weight is 403 g/mol. The quantitative estimate of drug-likeness (QED) is 0.850. The molecule has 8 heteroatoms. The zero-order chi connectivity index (χ0) is 19.8. The Labute approximate surface area is 168 Å². The summed E-state index contributed by atoms with van der Waals surface area (Å²) in [5.74, 6) is -0.143. The lowest BCUT2D eigenvalue weighted by Gasteiger charge is -2.26. The van der Waals surface area contributed by atoms with Crippen molar-refractivity contribution in [2.75, 3.05) is 20.1 Å². The SMILES string of the molecule is CN(Cc1ccccc1Cl)C1CC2CN(C(=O)n3cc(C(=O)O)cn3)CC2C1. The van der Waals surface area contributed by atoms with Gasteiger partial charge in [0.2, 0.25) is 0 Å². The number of rotatable bonds is 4. The Hall–Kier alpha value is -2.38. The summed E-state index contributed by atoms with van der Waals surface area (Å²) in [5, 5.41) is 13.7. The second-order valence-electron chi connectivity index (χ2n) is 7.82. The highest BCUT2D eigenvalue weighted by atomic mass is 35.5. The van der Waals surface area contributed by atoms with Gasteiger partial charge in [0.25, 0.3) is 0 Å². The van der Waals surface area contributed by atoms with Gasteiger partial charge in [-0.2, -0.15) is 9.78 Å². The van der Waals surface area contributed by atoms with Crippen LogP contribution in [-0.2, 0) is 6.54 Å². The Balaban J connectivity index is 1.34. The van der Waals surface area contributed by atoms with Gasteiger partial charge in [0.05, 0.1) is 18.0 Å². The highest BCUT2D eigenvalue weighted by Crippen LogP contribution is 2.40. The summed E-state index contributed by atoms with van der Waals surface area (Å²) in [6, 6.07) is 8.16. The molecule has 2 aliphatic rings. The summed E-state index contributed by atoms with van der Waals surface area (Å²) in [4.78, 5) is 27.7. The fourth-order valence-electron chi connectivity index (χ4n) is 4.49. The number of likely N-dealkylation sites (tertiary alicyclic amines) is 1. The van der Waals surface area contributed by atoms with Crippen LogP contribution in [0.4, 0.5) is 4.79 Å². The van der Waals surface area contributed by atoms with E-state index in [0.29, 0.717) is 31.0 Å². The molecule has 0 radical (unpaired) electrons. The maximum absolute atomic E-state index is 12.6. The van der Waals surface area contributed by atoms with Gasteiger partial charge < -0.3 is 10.0 Å². The van der Waals surface area contributed by atoms with E-state index in [0.717, 1.165) is 34.7 Å². The highest BCUT2D eigenvalue weighted by molar-refractivity contribution is 6.31. The third-order valence-corrected chi connectivity index (χ3v) is 6.39. The molecule has 0 spiro atoms. The number of carboxylic acid groups (broad SMARTS) is 1. The van der Waals surface area contributed by atoms with Crippen LogP contribution in [0.3, 0.4) is 0 Å². The van der Waals surface area contributed by atoms with Crippen molar-refractivity contribution in [1.82, 2.24) is 19.6 Å². The van der Waals surface area contributed by atoms with Crippen LogP contribution >= 0.6 is 11.6 Å². The summed E-state index contributed by atoms with van der Waals surface area (Å²) in [5.41, 5.74) is 1.16. The number of hydrogen-bond acceptors (Lipinski definition) is 4. The molecule has 1 aliphatic heterocycles. The lowest BCUT2D eigenvalue weighted by atomic mass is 10.0. The van der Waals surface area contributed by atoms with Crippen LogP contribution in [0.25, 0.3) is 0 Å². The van der Waals surface area contributed by atoms with Crippen LogP contribution in [0.5, 0.6) is 0 Å². The molecule has 1 aromatic carbocycles. The van der Waals surface area contributed by atoms with Gasteiger partial charge in [0, 0.05) is 30.7 Å². The number of carbonyl (C=O) groups is 2. The summed E-state index contributed by atoms with van der Waals surface area (Å²) in [7, 11) is 2.13. The predicted octanol–water partition coefficient (Wildman–Crippen LogP) is 3.05. The standard InChI is InChI=1S/C20H23ClN4O3/c1-23(9-13-4-2-3-5-18(13)21)17-6-14-10-24(11-15(14)7-17)20(28)25-12-16(8-22-25)19(26)27/h2-5,8,12,14-15,17H,6-7,9-11H2,1H3,(H,26,27). The molecule has 148 valence electrons. The van der Waals surface area contributed by atoms with E-state index in [2.05, 4.69) is 23.1 Å². The normalized spacial score (nSPS) is 24.0. The molecule has 28 heavy (non-hydrogen) atoms. The van der Waals surface area contributed by atoms with Gasteiger partial charge >= 0.3 is 12.0 Å². The van der Waals surface area contributed by atoms with Crippen molar-refractivity contribution < 1.29 is 14.7 Å². The number of halogens is 1. The minimum atomic E-state index is -1.08. The van der Waals surface area contributed by atoms with Crippen LogP contribution in [0.2, 0.25) is 5.02 Å². The molecule has 2 atom stereocenters. The molecule has 4 rings (SSSR count). The van der Waals surface area contributed by atoms with Crippen LogP contribution in [0.1, 0.15) is 28.8 Å². The first-order chi connectivity index (χ1) is 13.4. The molecule has 1 saturated heterocycles. The van der Waals surface area contributed by atoms with E-state index in [-0.39, 0.29) is 11.6 Å². The maximum atomic E-state index is 12.6. The Morgan fingerprint density at radius 2 is 1.93 bits per heavy atom. The first-order valence-electron chi connectivity index (χ1n) is 9.43. The Kier molecular flexibility index (Phi) is 5.12. The fraction of sp³-hybridized carbons (Fsp3) is 0.450. The number of aromatic carboxylic acids is 1. The summed E-state index contributed by atoms with van der Waals surface area (Å²) >= 11 is 6.29. The van der Waals surface area contributed by atoms with Gasteiger partial charge in [-0.1, -0.05) is 29.8 Å². The van der Waals surface area contributed by atoms with Crippen molar-refractivity contribution in [2.45, 2.75) is 25.4 Å². The summed E-state index contributed by atoms with van der Waals surface area (Å²) in [6.07, 6.45) is 4.58. The molecule has 1 aliphatic carbocycles. The Morgan fingerprint density at radius 3 is 2.54 bits per heavy atom. The van der Waals surface area contributed by atoms with Crippen molar-refractivity contribution >= 4 is 23.6 Å². The number of amides is 1. The largest absolute Gasteiger partial charge is 0.478 e. The number of carboxylic acids is 1. The van der Waals surface area contributed by atoms with Crippen molar-refractivity contribution in [2.24, 2.45) is 11.8 Å². The van der Waals surface area contributed by atoms with E-state index in [9.17, 15) is 9.59 Å². The molecule has 7 nitrogen and oxygen atoms in total. The zero-order valence-corrected chi connectivity index (χ0v) is 16.4. The van der Waals surface area contributed by atoms with Gasteiger partial charge in [-0.3, -0.25) is 4.90 Å². The number of hydrogen-bond donors (Lipinski definition) is 1.